The SMILES string of the molecule is O=C(O)C(F)(F)F.O=C1[C@@H](Cc2ccc(O)cc2)N(Cc2ccnc3ccccc23)C(=O)N1c1ccc(SC(F)(F)F)cc1. The van der Waals surface area contributed by atoms with Crippen molar-refractivity contribution < 1.29 is 50.9 Å². The number of carbonyl (C=O) groups is 3. The molecule has 0 unspecified atom stereocenters. The average Bonchev–Trinajstić information content (AvgIpc) is 3.18. The third-order valence-corrected chi connectivity index (χ3v) is 7.07. The Kier molecular flexibility index (Phi) is 9.37. The first-order valence-corrected chi connectivity index (χ1v) is 13.4. The third-order valence-electron chi connectivity index (χ3n) is 6.34. The Labute approximate surface area is 249 Å². The van der Waals surface area contributed by atoms with E-state index in [1.165, 1.54) is 41.3 Å². The van der Waals surface area contributed by atoms with Crippen molar-refractivity contribution in [3.05, 3.63) is 96.2 Å². The minimum absolute atomic E-state index is 0.0453. The van der Waals surface area contributed by atoms with Crippen LogP contribution in [0.25, 0.3) is 10.9 Å². The molecule has 0 bridgehead atoms. The Balaban J connectivity index is 0.000000566. The van der Waals surface area contributed by atoms with Crippen LogP contribution in [-0.2, 0) is 22.6 Å². The molecule has 3 aromatic carbocycles. The van der Waals surface area contributed by atoms with Gasteiger partial charge >= 0.3 is 23.7 Å². The van der Waals surface area contributed by atoms with Crippen molar-refractivity contribution in [3.8, 4) is 5.75 Å². The number of imide groups is 1. The van der Waals surface area contributed by atoms with E-state index in [1.54, 1.807) is 24.4 Å². The maximum atomic E-state index is 13.6. The molecule has 15 heteroatoms. The second-order valence-electron chi connectivity index (χ2n) is 9.30. The van der Waals surface area contributed by atoms with E-state index in [-0.39, 0.29) is 41.1 Å². The van der Waals surface area contributed by atoms with Crippen LogP contribution in [0.2, 0.25) is 0 Å². The Morgan fingerprint density at radius 3 is 2.09 bits per heavy atom. The average molecular weight is 638 g/mol. The molecule has 8 nitrogen and oxygen atoms in total. The van der Waals surface area contributed by atoms with E-state index in [0.717, 1.165) is 26.9 Å². The van der Waals surface area contributed by atoms with Gasteiger partial charge in [0, 0.05) is 29.4 Å². The number of aromatic nitrogens is 1. The summed E-state index contributed by atoms with van der Waals surface area (Å²) in [5.41, 5.74) is -1.95. The molecule has 2 heterocycles. The zero-order valence-corrected chi connectivity index (χ0v) is 23.0. The van der Waals surface area contributed by atoms with Gasteiger partial charge in [0.1, 0.15) is 11.8 Å². The van der Waals surface area contributed by atoms with E-state index in [4.69, 9.17) is 9.90 Å². The van der Waals surface area contributed by atoms with Crippen LogP contribution in [0, 0.1) is 0 Å². The van der Waals surface area contributed by atoms with Gasteiger partial charge in [-0.2, -0.15) is 26.3 Å². The molecule has 4 aromatic rings. The van der Waals surface area contributed by atoms with Gasteiger partial charge in [0.15, 0.2) is 0 Å². The van der Waals surface area contributed by atoms with Crippen molar-refractivity contribution in [2.75, 3.05) is 4.90 Å². The first kappa shape index (κ1) is 32.1. The monoisotopic (exact) mass is 637 g/mol. The zero-order valence-electron chi connectivity index (χ0n) is 22.2. The molecular formula is C29H21F6N3O5S. The number of phenols is 1. The number of para-hydroxylation sites is 1. The highest BCUT2D eigenvalue weighted by atomic mass is 32.2. The van der Waals surface area contributed by atoms with Gasteiger partial charge in [-0.3, -0.25) is 9.78 Å². The summed E-state index contributed by atoms with van der Waals surface area (Å²) in [5, 5.41) is 17.6. The van der Waals surface area contributed by atoms with Gasteiger partial charge in [-0.25, -0.2) is 14.5 Å². The predicted molar refractivity (Wildman–Crippen MR) is 148 cm³/mol. The molecule has 0 radical (unpaired) electrons. The number of phenolic OH excluding ortho intramolecular Hbond substituents is 1. The number of urea groups is 1. The van der Waals surface area contributed by atoms with Gasteiger partial charge in [0.05, 0.1) is 11.2 Å². The van der Waals surface area contributed by atoms with Crippen LogP contribution >= 0.6 is 11.8 Å². The van der Waals surface area contributed by atoms with E-state index >= 15 is 0 Å². The molecule has 1 atom stereocenters. The fraction of sp³-hybridized carbons (Fsp3) is 0.172. The maximum Gasteiger partial charge on any atom is 0.490 e. The summed E-state index contributed by atoms with van der Waals surface area (Å²) in [6.45, 7) is 0.134. The second-order valence-corrected chi connectivity index (χ2v) is 10.4. The lowest BCUT2D eigenvalue weighted by Crippen LogP contribution is -2.36. The highest BCUT2D eigenvalue weighted by molar-refractivity contribution is 8.00. The molecule has 0 aliphatic carbocycles. The first-order chi connectivity index (χ1) is 20.6. The number of anilines is 1. The van der Waals surface area contributed by atoms with Crippen molar-refractivity contribution >= 4 is 46.3 Å². The van der Waals surface area contributed by atoms with Gasteiger partial charge in [0.2, 0.25) is 0 Å². The number of carbonyl (C=O) groups excluding carboxylic acids is 2. The van der Waals surface area contributed by atoms with E-state index in [9.17, 15) is 41.0 Å². The van der Waals surface area contributed by atoms with Crippen molar-refractivity contribution in [1.29, 1.82) is 0 Å². The molecule has 1 saturated heterocycles. The van der Waals surface area contributed by atoms with E-state index in [2.05, 4.69) is 4.98 Å². The second kappa shape index (κ2) is 12.8. The molecule has 1 fully saturated rings. The summed E-state index contributed by atoms with van der Waals surface area (Å²) in [4.78, 5) is 42.9. The van der Waals surface area contributed by atoms with E-state index in [1.807, 2.05) is 24.3 Å². The summed E-state index contributed by atoms with van der Waals surface area (Å²) in [6.07, 6.45) is -3.24. The van der Waals surface area contributed by atoms with Crippen molar-refractivity contribution in [1.82, 2.24) is 9.88 Å². The first-order valence-electron chi connectivity index (χ1n) is 12.5. The number of carboxylic acids is 1. The lowest BCUT2D eigenvalue weighted by atomic mass is 10.0. The maximum absolute atomic E-state index is 13.6. The molecule has 1 aromatic heterocycles. The van der Waals surface area contributed by atoms with Gasteiger partial charge in [-0.1, -0.05) is 30.3 Å². The largest absolute Gasteiger partial charge is 0.508 e. The summed E-state index contributed by atoms with van der Waals surface area (Å²) in [7, 11) is 0. The molecule has 1 aliphatic rings. The fourth-order valence-corrected chi connectivity index (χ4v) is 4.92. The highest BCUT2D eigenvalue weighted by Crippen LogP contribution is 2.38. The number of fused-ring (bicyclic) bond motifs is 1. The summed E-state index contributed by atoms with van der Waals surface area (Å²) in [6, 6.07) is 19.4. The van der Waals surface area contributed by atoms with Crippen LogP contribution in [0.3, 0.4) is 0 Å². The van der Waals surface area contributed by atoms with E-state index < -0.39 is 35.6 Å². The standard InChI is InChI=1S/C27H20F3N3O3S.C2HF3O2/c28-27(29,30)37-21-11-7-19(8-12-21)33-25(35)24(15-17-5-9-20(34)10-6-17)32(26(33)36)16-18-13-14-31-23-4-2-1-3-22(18)23;3-2(4,5)1(6)7/h1-14,24,34H,15-16H2;(H,6,7)/t24-;/m1./s1. The summed E-state index contributed by atoms with van der Waals surface area (Å²) >= 11 is -0.265. The quantitative estimate of drug-likeness (QED) is 0.136. The van der Waals surface area contributed by atoms with Crippen molar-refractivity contribution in [2.45, 2.75) is 35.6 Å². The van der Waals surface area contributed by atoms with Crippen LogP contribution in [0.1, 0.15) is 11.1 Å². The lowest BCUT2D eigenvalue weighted by Gasteiger charge is -2.23. The molecule has 1 aliphatic heterocycles. The normalized spacial score (nSPS) is 15.4. The Bertz CT molecular complexity index is 1660. The molecular weight excluding hydrogens is 616 g/mol. The van der Waals surface area contributed by atoms with Crippen molar-refractivity contribution in [3.63, 3.8) is 0 Å². The molecule has 0 saturated carbocycles. The molecule has 230 valence electrons. The highest BCUT2D eigenvalue weighted by Gasteiger charge is 2.46. The number of aromatic hydroxyl groups is 1. The number of hydrogen-bond acceptors (Lipinski definition) is 6. The Hall–Kier alpha value is -4.79. The smallest absolute Gasteiger partial charge is 0.490 e. The molecule has 3 amide bonds. The van der Waals surface area contributed by atoms with Gasteiger partial charge in [0.25, 0.3) is 5.91 Å². The number of pyridine rings is 1. The Morgan fingerprint density at radius 2 is 1.50 bits per heavy atom. The number of hydrogen-bond donors (Lipinski definition) is 2. The summed E-state index contributed by atoms with van der Waals surface area (Å²) < 4.78 is 69.9. The van der Waals surface area contributed by atoms with Crippen LogP contribution in [0.4, 0.5) is 36.8 Å². The molecule has 5 rings (SSSR count). The minimum Gasteiger partial charge on any atom is -0.508 e. The van der Waals surface area contributed by atoms with Crippen LogP contribution in [0.15, 0.2) is 90.0 Å². The van der Waals surface area contributed by atoms with Crippen LogP contribution in [-0.4, -0.2) is 55.7 Å². The number of aliphatic carboxylic acids is 1. The summed E-state index contributed by atoms with van der Waals surface area (Å²) in [5.74, 6) is -3.16. The molecule has 0 spiro atoms. The zero-order chi connectivity index (χ0) is 32.2. The predicted octanol–water partition coefficient (Wildman–Crippen LogP) is 6.77. The number of carboxylic acid groups (broad SMARTS) is 1. The van der Waals surface area contributed by atoms with E-state index in [0.29, 0.717) is 0 Å². The third kappa shape index (κ3) is 7.78. The number of benzene rings is 3. The number of amides is 3. The minimum atomic E-state index is -5.08. The number of nitrogens with zero attached hydrogens (tertiary/aromatic N) is 3. The molecule has 44 heavy (non-hydrogen) atoms. The number of halogens is 6. The lowest BCUT2D eigenvalue weighted by molar-refractivity contribution is -0.192. The fourth-order valence-electron chi connectivity index (χ4n) is 4.38. The van der Waals surface area contributed by atoms with Crippen LogP contribution < -0.4 is 4.90 Å². The number of thioether (sulfide) groups is 1. The number of alkyl halides is 6. The van der Waals surface area contributed by atoms with Crippen LogP contribution in [0.5, 0.6) is 5.75 Å². The van der Waals surface area contributed by atoms with Crippen molar-refractivity contribution in [2.24, 2.45) is 0 Å². The number of rotatable bonds is 6. The molecule has 2 N–H and O–H groups in total. The topological polar surface area (TPSA) is 111 Å². The van der Waals surface area contributed by atoms with Gasteiger partial charge in [-0.15, -0.1) is 0 Å². The van der Waals surface area contributed by atoms with Gasteiger partial charge < -0.3 is 15.1 Å². The Morgan fingerprint density at radius 1 is 0.886 bits per heavy atom. The van der Waals surface area contributed by atoms with Gasteiger partial charge in [-0.05, 0) is 71.4 Å².